The normalized spacial score (nSPS) is 23.0. The van der Waals surface area contributed by atoms with E-state index in [-0.39, 0.29) is 10.5 Å². The van der Waals surface area contributed by atoms with Gasteiger partial charge in [0.25, 0.3) is 0 Å². The first-order chi connectivity index (χ1) is 12.0. The second-order valence-electron chi connectivity index (χ2n) is 6.48. The molecule has 6 nitrogen and oxygen atoms in total. The number of sulfonamides is 1. The maximum atomic E-state index is 11.8. The Balaban J connectivity index is 1.61. The van der Waals surface area contributed by atoms with E-state index >= 15 is 0 Å². The van der Waals surface area contributed by atoms with Crippen molar-refractivity contribution < 1.29 is 13.2 Å². The molecular weight excluding hydrogens is 338 g/mol. The Bertz CT molecular complexity index is 879. The van der Waals surface area contributed by atoms with Crippen LogP contribution in [0.5, 0.6) is 0 Å². The van der Waals surface area contributed by atoms with E-state index in [0.717, 1.165) is 31.7 Å². The van der Waals surface area contributed by atoms with E-state index in [1.165, 1.54) is 24.4 Å². The lowest BCUT2D eigenvalue weighted by molar-refractivity contribution is -0.0594. The molecule has 1 aromatic heterocycles. The Morgan fingerprint density at radius 2 is 2.08 bits per heavy atom. The molecule has 7 heteroatoms. The number of hydrogen-bond acceptors (Lipinski definition) is 5. The summed E-state index contributed by atoms with van der Waals surface area (Å²) >= 11 is 0. The number of aryl methyl sites for hydroxylation is 1. The highest BCUT2D eigenvalue weighted by Crippen LogP contribution is 2.42. The highest BCUT2D eigenvalue weighted by atomic mass is 32.2. The molecular formula is C18H21N3O3S. The van der Waals surface area contributed by atoms with Crippen molar-refractivity contribution in [1.29, 1.82) is 0 Å². The van der Waals surface area contributed by atoms with Crippen LogP contribution in [-0.4, -0.2) is 40.1 Å². The maximum absolute atomic E-state index is 11.8. The zero-order chi connectivity index (χ0) is 17.5. The predicted molar refractivity (Wildman–Crippen MR) is 95.1 cm³/mol. The van der Waals surface area contributed by atoms with E-state index in [0.29, 0.717) is 6.61 Å². The van der Waals surface area contributed by atoms with Gasteiger partial charge in [0.1, 0.15) is 16.3 Å². The van der Waals surface area contributed by atoms with E-state index in [2.05, 4.69) is 38.9 Å². The van der Waals surface area contributed by atoms with Crippen molar-refractivity contribution >= 4 is 15.8 Å². The van der Waals surface area contributed by atoms with E-state index in [4.69, 9.17) is 4.74 Å². The van der Waals surface area contributed by atoms with Crippen LogP contribution >= 0.6 is 0 Å². The van der Waals surface area contributed by atoms with Gasteiger partial charge in [-0.15, -0.1) is 0 Å². The van der Waals surface area contributed by atoms with Gasteiger partial charge >= 0.3 is 0 Å². The summed E-state index contributed by atoms with van der Waals surface area (Å²) in [5.41, 5.74) is 2.34. The molecule has 1 aliphatic heterocycles. The van der Waals surface area contributed by atoms with Gasteiger partial charge in [-0.2, -0.15) is 0 Å². The third-order valence-electron chi connectivity index (χ3n) is 5.12. The van der Waals surface area contributed by atoms with Crippen LogP contribution < -0.4 is 9.62 Å². The number of morpholine rings is 1. The Morgan fingerprint density at radius 3 is 2.84 bits per heavy atom. The number of nitrogens with one attached hydrogen (secondary N) is 1. The topological polar surface area (TPSA) is 71.5 Å². The predicted octanol–water partition coefficient (Wildman–Crippen LogP) is 1.67. The van der Waals surface area contributed by atoms with Crippen molar-refractivity contribution in [2.75, 3.05) is 31.6 Å². The zero-order valence-corrected chi connectivity index (χ0v) is 14.9. The minimum Gasteiger partial charge on any atom is -0.367 e. The standard InChI is InChI=1S/C18H21N3O3S/c1-19-25(22,23)15-6-7-17(20-12-15)21-10-11-24-18(13-21)9-8-14-4-2-3-5-16(14)18/h2-7,12,19H,8-11,13H2,1H3. The van der Waals surface area contributed by atoms with Crippen LogP contribution in [0, 0.1) is 0 Å². The molecule has 0 amide bonds. The lowest BCUT2D eigenvalue weighted by Crippen LogP contribution is -2.49. The average Bonchev–Trinajstić information content (AvgIpc) is 3.00. The lowest BCUT2D eigenvalue weighted by Gasteiger charge is -2.41. The first kappa shape index (κ1) is 16.5. The molecule has 1 aromatic carbocycles. The van der Waals surface area contributed by atoms with Gasteiger partial charge in [0.2, 0.25) is 10.0 Å². The van der Waals surface area contributed by atoms with Gasteiger partial charge in [-0.05, 0) is 43.1 Å². The van der Waals surface area contributed by atoms with Crippen molar-refractivity contribution in [1.82, 2.24) is 9.71 Å². The number of fused-ring (bicyclic) bond motifs is 2. The van der Waals surface area contributed by atoms with Gasteiger partial charge in [-0.1, -0.05) is 24.3 Å². The average molecular weight is 359 g/mol. The molecule has 1 aliphatic carbocycles. The molecule has 0 radical (unpaired) electrons. The molecule has 1 N–H and O–H groups in total. The van der Waals surface area contributed by atoms with Crippen molar-refractivity contribution in [2.45, 2.75) is 23.3 Å². The fourth-order valence-electron chi connectivity index (χ4n) is 3.78. The molecule has 1 unspecified atom stereocenters. The van der Waals surface area contributed by atoms with Crippen molar-refractivity contribution in [3.8, 4) is 0 Å². The minimum atomic E-state index is -3.46. The molecule has 2 heterocycles. The van der Waals surface area contributed by atoms with Gasteiger partial charge in [-0.3, -0.25) is 0 Å². The van der Waals surface area contributed by atoms with E-state index < -0.39 is 10.0 Å². The van der Waals surface area contributed by atoms with Crippen LogP contribution in [0.3, 0.4) is 0 Å². The molecule has 1 spiro atoms. The third kappa shape index (κ3) is 2.82. The van der Waals surface area contributed by atoms with Gasteiger partial charge in [-0.25, -0.2) is 18.1 Å². The smallest absolute Gasteiger partial charge is 0.241 e. The summed E-state index contributed by atoms with van der Waals surface area (Å²) in [7, 11) is -2.07. The molecule has 4 rings (SSSR count). The largest absolute Gasteiger partial charge is 0.367 e. The van der Waals surface area contributed by atoms with Crippen LogP contribution in [0.2, 0.25) is 0 Å². The minimum absolute atomic E-state index is 0.174. The number of pyridine rings is 1. The quantitative estimate of drug-likeness (QED) is 0.903. The van der Waals surface area contributed by atoms with Crippen molar-refractivity contribution in [2.24, 2.45) is 0 Å². The maximum Gasteiger partial charge on any atom is 0.241 e. The molecule has 2 aliphatic rings. The highest BCUT2D eigenvalue weighted by molar-refractivity contribution is 7.89. The summed E-state index contributed by atoms with van der Waals surface area (Å²) in [5.74, 6) is 0.780. The number of benzene rings is 1. The van der Waals surface area contributed by atoms with E-state index in [9.17, 15) is 8.42 Å². The van der Waals surface area contributed by atoms with Crippen LogP contribution in [0.25, 0.3) is 0 Å². The highest BCUT2D eigenvalue weighted by Gasteiger charge is 2.43. The summed E-state index contributed by atoms with van der Waals surface area (Å²) in [6.07, 6.45) is 3.40. The Labute approximate surface area is 147 Å². The molecule has 132 valence electrons. The molecule has 0 saturated carbocycles. The fraction of sp³-hybridized carbons (Fsp3) is 0.389. The van der Waals surface area contributed by atoms with Gasteiger partial charge < -0.3 is 9.64 Å². The number of anilines is 1. The molecule has 1 saturated heterocycles. The molecule has 0 bridgehead atoms. The monoisotopic (exact) mass is 359 g/mol. The van der Waals surface area contributed by atoms with E-state index in [1.807, 2.05) is 0 Å². The summed E-state index contributed by atoms with van der Waals surface area (Å²) in [6.45, 7) is 2.11. The number of hydrogen-bond donors (Lipinski definition) is 1. The summed E-state index contributed by atoms with van der Waals surface area (Å²) in [5, 5.41) is 0. The summed E-state index contributed by atoms with van der Waals surface area (Å²) in [4.78, 5) is 6.73. The van der Waals surface area contributed by atoms with Crippen molar-refractivity contribution in [3.05, 3.63) is 53.7 Å². The number of nitrogens with zero attached hydrogens (tertiary/aromatic N) is 2. The number of aromatic nitrogens is 1. The molecule has 25 heavy (non-hydrogen) atoms. The SMILES string of the molecule is CNS(=O)(=O)c1ccc(N2CCOC3(CCc4ccccc43)C2)nc1. The van der Waals surface area contributed by atoms with Crippen molar-refractivity contribution in [3.63, 3.8) is 0 Å². The second kappa shape index (κ2) is 6.09. The van der Waals surface area contributed by atoms with Crippen LogP contribution in [0.15, 0.2) is 47.5 Å². The lowest BCUT2D eigenvalue weighted by atomic mass is 9.93. The second-order valence-corrected chi connectivity index (χ2v) is 8.37. The summed E-state index contributed by atoms with van der Waals surface area (Å²) < 4.78 is 32.2. The Kier molecular flexibility index (Phi) is 4.02. The van der Waals surface area contributed by atoms with Gasteiger partial charge in [0.05, 0.1) is 13.2 Å². The Hall–Kier alpha value is -1.96. The van der Waals surface area contributed by atoms with Gasteiger partial charge in [0.15, 0.2) is 0 Å². The van der Waals surface area contributed by atoms with Gasteiger partial charge in [0, 0.05) is 12.7 Å². The molecule has 1 fully saturated rings. The van der Waals surface area contributed by atoms with Crippen LogP contribution in [0.4, 0.5) is 5.82 Å². The number of ether oxygens (including phenoxy) is 1. The number of rotatable bonds is 3. The molecule has 1 atom stereocenters. The van der Waals surface area contributed by atoms with E-state index in [1.54, 1.807) is 12.1 Å². The van der Waals surface area contributed by atoms with Crippen LogP contribution in [-0.2, 0) is 26.8 Å². The Morgan fingerprint density at radius 1 is 1.24 bits per heavy atom. The first-order valence-electron chi connectivity index (χ1n) is 8.41. The van der Waals surface area contributed by atoms with Crippen LogP contribution in [0.1, 0.15) is 17.5 Å². The zero-order valence-electron chi connectivity index (χ0n) is 14.1. The summed E-state index contributed by atoms with van der Waals surface area (Å²) in [6, 6.07) is 11.8. The first-order valence-corrected chi connectivity index (χ1v) is 9.89. The molecule has 2 aromatic rings. The third-order valence-corrected chi connectivity index (χ3v) is 6.52. The fourth-order valence-corrected chi connectivity index (χ4v) is 4.46.